The molecular weight excluding hydrogens is 288 g/mol. The van der Waals surface area contributed by atoms with Crippen LogP contribution in [-0.4, -0.2) is 20.4 Å². The number of halogens is 1. The summed E-state index contributed by atoms with van der Waals surface area (Å²) in [6.07, 6.45) is 6.73. The first-order valence-corrected chi connectivity index (χ1v) is 6.61. The van der Waals surface area contributed by atoms with Crippen LogP contribution in [0.1, 0.15) is 10.4 Å². The predicted octanol–water partition coefficient (Wildman–Crippen LogP) is 3.17. The van der Waals surface area contributed by atoms with Gasteiger partial charge in [-0.05, 0) is 30.3 Å². The second-order valence-electron chi connectivity index (χ2n) is 4.34. The second kappa shape index (κ2) is 5.76. The van der Waals surface area contributed by atoms with Crippen molar-refractivity contribution in [3.05, 3.63) is 71.9 Å². The van der Waals surface area contributed by atoms with Crippen molar-refractivity contribution in [1.29, 1.82) is 0 Å². The molecule has 3 aromatic rings. The quantitative estimate of drug-likeness (QED) is 0.808. The van der Waals surface area contributed by atoms with Crippen LogP contribution in [0.4, 0.5) is 5.69 Å². The van der Waals surface area contributed by atoms with E-state index in [2.05, 4.69) is 15.3 Å². The highest BCUT2D eigenvalue weighted by molar-refractivity contribution is 6.31. The summed E-state index contributed by atoms with van der Waals surface area (Å²) >= 11 is 5.87. The Balaban J connectivity index is 1.75. The molecule has 0 radical (unpaired) electrons. The first-order valence-electron chi connectivity index (χ1n) is 6.24. The number of hydrogen-bond acceptors (Lipinski definition) is 3. The largest absolute Gasteiger partial charge is 0.321 e. The fraction of sp³-hybridized carbons (Fsp3) is 0. The van der Waals surface area contributed by atoms with Crippen molar-refractivity contribution in [1.82, 2.24) is 14.5 Å². The molecule has 2 aromatic heterocycles. The van der Waals surface area contributed by atoms with Crippen LogP contribution in [-0.2, 0) is 0 Å². The molecule has 1 N–H and O–H groups in total. The first kappa shape index (κ1) is 13.3. The number of carbonyl (C=O) groups excluding carboxylic acids is 1. The summed E-state index contributed by atoms with van der Waals surface area (Å²) < 4.78 is 1.78. The van der Waals surface area contributed by atoms with E-state index in [4.69, 9.17) is 11.6 Å². The predicted molar refractivity (Wildman–Crippen MR) is 80.8 cm³/mol. The molecule has 0 aliphatic carbocycles. The molecule has 104 valence electrons. The lowest BCUT2D eigenvalue weighted by Crippen LogP contribution is -2.12. The van der Waals surface area contributed by atoms with Gasteiger partial charge in [0.15, 0.2) is 0 Å². The van der Waals surface area contributed by atoms with Crippen LogP contribution in [0.15, 0.2) is 61.3 Å². The van der Waals surface area contributed by atoms with E-state index < -0.39 is 0 Å². The van der Waals surface area contributed by atoms with Crippen LogP contribution in [0, 0.1) is 0 Å². The number of nitrogens with zero attached hydrogens (tertiary/aromatic N) is 3. The number of amides is 1. The van der Waals surface area contributed by atoms with Crippen LogP contribution < -0.4 is 5.32 Å². The minimum Gasteiger partial charge on any atom is -0.321 e. The molecule has 1 aromatic carbocycles. The highest BCUT2D eigenvalue weighted by Crippen LogP contribution is 2.14. The number of benzene rings is 1. The molecule has 1 amide bonds. The van der Waals surface area contributed by atoms with E-state index in [1.807, 2.05) is 0 Å². The fourth-order valence-corrected chi connectivity index (χ4v) is 2.03. The van der Waals surface area contributed by atoms with Crippen LogP contribution >= 0.6 is 11.6 Å². The van der Waals surface area contributed by atoms with Crippen molar-refractivity contribution in [2.45, 2.75) is 0 Å². The van der Waals surface area contributed by atoms with Gasteiger partial charge >= 0.3 is 0 Å². The van der Waals surface area contributed by atoms with Crippen LogP contribution in [0.2, 0.25) is 5.02 Å². The highest BCUT2D eigenvalue weighted by Gasteiger charge is 2.07. The van der Waals surface area contributed by atoms with Gasteiger partial charge in [0.1, 0.15) is 12.1 Å². The van der Waals surface area contributed by atoms with Gasteiger partial charge < -0.3 is 5.32 Å². The SMILES string of the molecule is O=C(Nc1ccc(-n2ccnc2)nc1)c1cccc(Cl)c1. The Bertz CT molecular complexity index is 754. The minimum atomic E-state index is -0.227. The summed E-state index contributed by atoms with van der Waals surface area (Å²) in [4.78, 5) is 20.3. The lowest BCUT2D eigenvalue weighted by atomic mass is 10.2. The third-order valence-corrected chi connectivity index (χ3v) is 3.10. The van der Waals surface area contributed by atoms with Gasteiger partial charge in [-0.3, -0.25) is 9.36 Å². The zero-order valence-electron chi connectivity index (χ0n) is 10.9. The van der Waals surface area contributed by atoms with Crippen molar-refractivity contribution in [2.24, 2.45) is 0 Å². The van der Waals surface area contributed by atoms with E-state index in [1.165, 1.54) is 0 Å². The molecule has 0 atom stereocenters. The molecule has 0 bridgehead atoms. The molecule has 0 spiro atoms. The zero-order chi connectivity index (χ0) is 14.7. The molecule has 0 fully saturated rings. The van der Waals surface area contributed by atoms with Gasteiger partial charge in [-0.1, -0.05) is 17.7 Å². The molecular formula is C15H11ClN4O. The third-order valence-electron chi connectivity index (χ3n) is 2.86. The molecule has 0 aliphatic heterocycles. The summed E-state index contributed by atoms with van der Waals surface area (Å²) in [5.74, 6) is 0.503. The van der Waals surface area contributed by atoms with E-state index >= 15 is 0 Å². The molecule has 2 heterocycles. The monoisotopic (exact) mass is 298 g/mol. The van der Waals surface area contributed by atoms with E-state index in [1.54, 1.807) is 65.9 Å². The van der Waals surface area contributed by atoms with Gasteiger partial charge in [-0.25, -0.2) is 9.97 Å². The molecule has 0 saturated heterocycles. The Morgan fingerprint density at radius 2 is 2.14 bits per heavy atom. The van der Waals surface area contributed by atoms with Crippen LogP contribution in [0.3, 0.4) is 0 Å². The summed E-state index contributed by atoms with van der Waals surface area (Å²) in [5.41, 5.74) is 1.12. The smallest absolute Gasteiger partial charge is 0.255 e. The molecule has 3 rings (SSSR count). The number of pyridine rings is 1. The topological polar surface area (TPSA) is 59.8 Å². The number of nitrogens with one attached hydrogen (secondary N) is 1. The van der Waals surface area contributed by atoms with Crippen molar-refractivity contribution in [3.63, 3.8) is 0 Å². The number of carbonyl (C=O) groups is 1. The molecule has 5 nitrogen and oxygen atoms in total. The summed E-state index contributed by atoms with van der Waals surface area (Å²) in [7, 11) is 0. The molecule has 0 saturated carbocycles. The Morgan fingerprint density at radius 3 is 2.81 bits per heavy atom. The maximum atomic E-state index is 12.1. The first-order chi connectivity index (χ1) is 10.2. The molecule has 0 unspecified atom stereocenters. The molecule has 0 aliphatic rings. The third kappa shape index (κ3) is 3.09. The van der Waals surface area contributed by atoms with Crippen molar-refractivity contribution in [2.75, 3.05) is 5.32 Å². The van der Waals surface area contributed by atoms with Gasteiger partial charge in [-0.15, -0.1) is 0 Å². The number of hydrogen-bond donors (Lipinski definition) is 1. The van der Waals surface area contributed by atoms with Crippen LogP contribution in [0.5, 0.6) is 0 Å². The van der Waals surface area contributed by atoms with Gasteiger partial charge in [0, 0.05) is 23.0 Å². The molecule has 6 heteroatoms. The van der Waals surface area contributed by atoms with Gasteiger partial charge in [0.25, 0.3) is 5.91 Å². The van der Waals surface area contributed by atoms with Gasteiger partial charge in [0.05, 0.1) is 11.9 Å². The summed E-state index contributed by atoms with van der Waals surface area (Å²) in [6, 6.07) is 10.4. The molecule has 21 heavy (non-hydrogen) atoms. The fourth-order valence-electron chi connectivity index (χ4n) is 1.84. The van der Waals surface area contributed by atoms with E-state index in [9.17, 15) is 4.79 Å². The van der Waals surface area contributed by atoms with E-state index in [0.717, 1.165) is 5.82 Å². The number of aromatic nitrogens is 3. The van der Waals surface area contributed by atoms with Gasteiger partial charge in [0.2, 0.25) is 0 Å². The maximum Gasteiger partial charge on any atom is 0.255 e. The number of rotatable bonds is 3. The highest BCUT2D eigenvalue weighted by atomic mass is 35.5. The van der Waals surface area contributed by atoms with Crippen LogP contribution in [0.25, 0.3) is 5.82 Å². The summed E-state index contributed by atoms with van der Waals surface area (Å²) in [6.45, 7) is 0. The lowest BCUT2D eigenvalue weighted by Gasteiger charge is -2.06. The Morgan fingerprint density at radius 1 is 1.24 bits per heavy atom. The average Bonchev–Trinajstić information content (AvgIpc) is 3.02. The van der Waals surface area contributed by atoms with Crippen molar-refractivity contribution < 1.29 is 4.79 Å². The Hall–Kier alpha value is -2.66. The van der Waals surface area contributed by atoms with Crippen molar-refractivity contribution >= 4 is 23.2 Å². The second-order valence-corrected chi connectivity index (χ2v) is 4.78. The number of imidazole rings is 1. The summed E-state index contributed by atoms with van der Waals surface area (Å²) in [5, 5.41) is 3.30. The average molecular weight is 299 g/mol. The van der Waals surface area contributed by atoms with Crippen molar-refractivity contribution in [3.8, 4) is 5.82 Å². The Kier molecular flexibility index (Phi) is 3.66. The minimum absolute atomic E-state index is 0.227. The zero-order valence-corrected chi connectivity index (χ0v) is 11.7. The number of anilines is 1. The normalized spacial score (nSPS) is 10.3. The maximum absolute atomic E-state index is 12.1. The lowest BCUT2D eigenvalue weighted by molar-refractivity contribution is 0.102. The van der Waals surface area contributed by atoms with E-state index in [0.29, 0.717) is 16.3 Å². The Labute approximate surface area is 126 Å². The van der Waals surface area contributed by atoms with E-state index in [-0.39, 0.29) is 5.91 Å². The standard InChI is InChI=1S/C15H11ClN4O/c16-12-3-1-2-11(8-12)15(21)19-13-4-5-14(18-9-13)20-7-6-17-10-20/h1-10H,(H,19,21). The van der Waals surface area contributed by atoms with Gasteiger partial charge in [-0.2, -0.15) is 0 Å².